The summed E-state index contributed by atoms with van der Waals surface area (Å²) >= 11 is 0. The van der Waals surface area contributed by atoms with E-state index in [9.17, 15) is 45.6 Å². The zero-order chi connectivity index (χ0) is 64.5. The molecule has 0 saturated carbocycles. The van der Waals surface area contributed by atoms with Crippen molar-refractivity contribution in [2.24, 2.45) is 0 Å². The van der Waals surface area contributed by atoms with Gasteiger partial charge in [0.15, 0.2) is 12.6 Å². The number of allylic oxidation sites excluding steroid dienone is 13. The van der Waals surface area contributed by atoms with Gasteiger partial charge in [0.1, 0.15) is 48.8 Å². The Bertz CT molecular complexity index is 1820. The van der Waals surface area contributed by atoms with Crippen LogP contribution in [-0.2, 0) is 23.7 Å². The summed E-state index contributed by atoms with van der Waals surface area (Å²) in [6, 6.07) is -0.942. The normalized spacial score (nSPS) is 23.5. The summed E-state index contributed by atoms with van der Waals surface area (Å²) in [6.45, 7) is 2.69. The Morgan fingerprint density at radius 1 is 0.416 bits per heavy atom. The predicted molar refractivity (Wildman–Crippen MR) is 364 cm³/mol. The first-order valence-corrected chi connectivity index (χ1v) is 36.3. The van der Waals surface area contributed by atoms with Crippen LogP contribution in [0.1, 0.15) is 290 Å². The smallest absolute Gasteiger partial charge is 0.220 e. The fourth-order valence-electron chi connectivity index (χ4n) is 11.6. The molecular formula is C75H133NO13. The Balaban J connectivity index is 1.69. The van der Waals surface area contributed by atoms with Crippen LogP contribution >= 0.6 is 0 Å². The quantitative estimate of drug-likeness (QED) is 0.0204. The molecule has 2 fully saturated rings. The van der Waals surface area contributed by atoms with E-state index < -0.39 is 86.8 Å². The van der Waals surface area contributed by atoms with Gasteiger partial charge in [0.25, 0.3) is 0 Å². The summed E-state index contributed by atoms with van der Waals surface area (Å²) in [4.78, 5) is 13.3. The zero-order valence-electron chi connectivity index (χ0n) is 56.2. The van der Waals surface area contributed by atoms with E-state index in [-0.39, 0.29) is 18.9 Å². The lowest BCUT2D eigenvalue weighted by atomic mass is 9.97. The standard InChI is InChI=1S/C75H133NO13/c1-3-5-7-9-11-13-15-17-19-21-23-25-27-29-30-31-32-33-35-36-38-40-42-44-46-48-50-52-54-56-58-64(79)63(62-86-74-72(85)70(83)73(66(61-78)88-74)89-75-71(84)69(82)68(81)65(60-77)87-75)76-67(80)59-57-55-53-51-49-47-45-43-41-39-37-34-28-26-24-22-20-18-16-14-12-10-8-6-4-2/h6,8,12,14,18,20,24,26,34,37,48,50,56,58,63-66,68-75,77-79,81-85H,3-5,7,9-11,13,15-17,19,21-23,25,27-33,35-36,38-47,49,51-55,57,59-62H2,1-2H3,(H,76,80)/b8-6-,14-12-,20-18-,26-24-,37-34-,50-48+,58-56+. The molecule has 2 aliphatic rings. The van der Waals surface area contributed by atoms with Gasteiger partial charge in [0.2, 0.25) is 5.91 Å². The van der Waals surface area contributed by atoms with E-state index in [1.165, 1.54) is 186 Å². The third kappa shape index (κ3) is 42.9. The molecule has 0 aliphatic carbocycles. The van der Waals surface area contributed by atoms with Gasteiger partial charge in [0, 0.05) is 6.42 Å². The first kappa shape index (κ1) is 82.3. The lowest BCUT2D eigenvalue weighted by Gasteiger charge is -2.46. The molecule has 1 amide bonds. The molecule has 89 heavy (non-hydrogen) atoms. The average Bonchev–Trinajstić information content (AvgIpc) is 1.37. The van der Waals surface area contributed by atoms with Gasteiger partial charge in [-0.15, -0.1) is 0 Å². The van der Waals surface area contributed by atoms with Gasteiger partial charge in [-0.2, -0.15) is 0 Å². The van der Waals surface area contributed by atoms with Crippen LogP contribution in [0.3, 0.4) is 0 Å². The molecule has 14 nitrogen and oxygen atoms in total. The van der Waals surface area contributed by atoms with Crippen molar-refractivity contribution in [3.8, 4) is 0 Å². The van der Waals surface area contributed by atoms with E-state index >= 15 is 0 Å². The van der Waals surface area contributed by atoms with Crippen LogP contribution in [0.4, 0.5) is 0 Å². The Morgan fingerprint density at radius 3 is 1.24 bits per heavy atom. The fourth-order valence-corrected chi connectivity index (χ4v) is 11.6. The Hall–Kier alpha value is -2.83. The SMILES string of the molecule is CC/C=C\C/C=C\C/C=C\C/C=C\C/C=C\CCCCCCCCCCCC(=O)NC(COC1OC(CO)C(OC2OC(CO)C(O)C(O)C2O)C(O)C1O)C(O)/C=C/CC/C=C/CCCCCCCCCCCCCCCCCCCCCCCCCC. The van der Waals surface area contributed by atoms with Gasteiger partial charge in [-0.3, -0.25) is 4.79 Å². The maximum Gasteiger partial charge on any atom is 0.220 e. The molecule has 2 saturated heterocycles. The average molecular weight is 1260 g/mol. The number of carbonyl (C=O) groups excluding carboxylic acids is 1. The van der Waals surface area contributed by atoms with Crippen molar-refractivity contribution in [3.05, 3.63) is 85.1 Å². The van der Waals surface area contributed by atoms with Crippen molar-refractivity contribution < 1.29 is 64.6 Å². The number of ether oxygens (including phenoxy) is 4. The van der Waals surface area contributed by atoms with E-state index in [0.717, 1.165) is 70.6 Å². The molecule has 14 heteroatoms. The minimum atomic E-state index is -1.80. The maximum atomic E-state index is 13.3. The summed E-state index contributed by atoms with van der Waals surface area (Å²) < 4.78 is 22.9. The number of aliphatic hydroxyl groups excluding tert-OH is 8. The second kappa shape index (κ2) is 59.0. The first-order valence-electron chi connectivity index (χ1n) is 36.3. The second-order valence-corrected chi connectivity index (χ2v) is 25.3. The lowest BCUT2D eigenvalue weighted by Crippen LogP contribution is -2.65. The van der Waals surface area contributed by atoms with Crippen LogP contribution in [0.15, 0.2) is 85.1 Å². The summed E-state index contributed by atoms with van der Waals surface area (Å²) in [6.07, 6.45) is 65.0. The van der Waals surface area contributed by atoms with Gasteiger partial charge in [-0.25, -0.2) is 0 Å². The number of carbonyl (C=O) groups is 1. The van der Waals surface area contributed by atoms with Crippen molar-refractivity contribution >= 4 is 5.91 Å². The summed E-state index contributed by atoms with van der Waals surface area (Å²) in [5.74, 6) is -0.256. The molecule has 0 radical (unpaired) electrons. The molecule has 0 bridgehead atoms. The highest BCUT2D eigenvalue weighted by molar-refractivity contribution is 5.76. The van der Waals surface area contributed by atoms with Crippen molar-refractivity contribution in [2.45, 2.75) is 364 Å². The molecule has 9 N–H and O–H groups in total. The van der Waals surface area contributed by atoms with Gasteiger partial charge in [-0.1, -0.05) is 292 Å². The number of hydrogen-bond acceptors (Lipinski definition) is 13. The van der Waals surface area contributed by atoms with Crippen LogP contribution < -0.4 is 5.32 Å². The topological polar surface area (TPSA) is 228 Å². The maximum absolute atomic E-state index is 13.3. The molecule has 2 aliphatic heterocycles. The minimum Gasteiger partial charge on any atom is -0.394 e. The van der Waals surface area contributed by atoms with Gasteiger partial charge >= 0.3 is 0 Å². The molecular weight excluding hydrogens is 1120 g/mol. The number of amides is 1. The van der Waals surface area contributed by atoms with Crippen LogP contribution in [-0.4, -0.2) is 140 Å². The highest BCUT2D eigenvalue weighted by atomic mass is 16.7. The molecule has 2 heterocycles. The van der Waals surface area contributed by atoms with E-state index in [2.05, 4.69) is 92.1 Å². The van der Waals surface area contributed by atoms with Crippen LogP contribution in [0.5, 0.6) is 0 Å². The first-order chi connectivity index (χ1) is 43.6. The molecule has 0 aromatic rings. The van der Waals surface area contributed by atoms with Crippen molar-refractivity contribution in [2.75, 3.05) is 19.8 Å². The Kier molecular flexibility index (Phi) is 54.5. The van der Waals surface area contributed by atoms with Gasteiger partial charge < -0.3 is 65.1 Å². The van der Waals surface area contributed by atoms with Crippen LogP contribution in [0, 0.1) is 0 Å². The minimum absolute atomic E-state index is 0.256. The van der Waals surface area contributed by atoms with E-state index in [1.54, 1.807) is 6.08 Å². The monoisotopic (exact) mass is 1260 g/mol. The van der Waals surface area contributed by atoms with Crippen molar-refractivity contribution in [1.29, 1.82) is 0 Å². The van der Waals surface area contributed by atoms with Gasteiger partial charge in [0.05, 0.1) is 32.0 Å². The number of unbranched alkanes of at least 4 members (excludes halogenated alkanes) is 34. The summed E-state index contributed by atoms with van der Waals surface area (Å²) in [5, 5.41) is 87.5. The third-order valence-corrected chi connectivity index (χ3v) is 17.3. The fraction of sp³-hybridized carbons (Fsp3) is 0.800. The number of aliphatic hydroxyl groups is 8. The third-order valence-electron chi connectivity index (χ3n) is 17.3. The van der Waals surface area contributed by atoms with Crippen molar-refractivity contribution in [1.82, 2.24) is 5.32 Å². The van der Waals surface area contributed by atoms with E-state index in [1.807, 2.05) is 6.08 Å². The molecule has 12 atom stereocenters. The largest absolute Gasteiger partial charge is 0.394 e. The van der Waals surface area contributed by atoms with E-state index in [4.69, 9.17) is 18.9 Å². The highest BCUT2D eigenvalue weighted by Crippen LogP contribution is 2.30. The van der Waals surface area contributed by atoms with Crippen LogP contribution in [0.25, 0.3) is 0 Å². The predicted octanol–water partition coefficient (Wildman–Crippen LogP) is 15.2. The number of nitrogens with one attached hydrogen (secondary N) is 1. The molecule has 0 spiro atoms. The molecule has 0 aromatic heterocycles. The lowest BCUT2D eigenvalue weighted by molar-refractivity contribution is -0.359. The molecule has 516 valence electrons. The molecule has 0 aromatic carbocycles. The van der Waals surface area contributed by atoms with Crippen molar-refractivity contribution in [3.63, 3.8) is 0 Å². The molecule has 2 rings (SSSR count). The highest BCUT2D eigenvalue weighted by Gasteiger charge is 2.51. The number of rotatable bonds is 59. The summed E-state index contributed by atoms with van der Waals surface area (Å²) in [5.41, 5.74) is 0. The van der Waals surface area contributed by atoms with Crippen LogP contribution in [0.2, 0.25) is 0 Å². The summed E-state index contributed by atoms with van der Waals surface area (Å²) in [7, 11) is 0. The zero-order valence-corrected chi connectivity index (χ0v) is 56.2. The Morgan fingerprint density at radius 2 is 0.787 bits per heavy atom. The second-order valence-electron chi connectivity index (χ2n) is 25.3. The van der Waals surface area contributed by atoms with Gasteiger partial charge in [-0.05, 0) is 77.0 Å². The number of hydrogen-bond donors (Lipinski definition) is 9. The van der Waals surface area contributed by atoms with E-state index in [0.29, 0.717) is 12.8 Å². The Labute approximate surface area is 541 Å². The molecule has 12 unspecified atom stereocenters.